The van der Waals surface area contributed by atoms with E-state index in [-0.39, 0.29) is 17.2 Å². The Morgan fingerprint density at radius 3 is 2.38 bits per heavy atom. The first-order chi connectivity index (χ1) is 19.4. The van der Waals surface area contributed by atoms with E-state index in [9.17, 15) is 14.4 Å². The predicted octanol–water partition coefficient (Wildman–Crippen LogP) is 4.07. The minimum atomic E-state index is -1.03. The Balaban J connectivity index is 1.25. The van der Waals surface area contributed by atoms with Gasteiger partial charge < -0.3 is 20.6 Å². The first-order valence-electron chi connectivity index (χ1n) is 12.7. The summed E-state index contributed by atoms with van der Waals surface area (Å²) < 4.78 is 1.55. The maximum Gasteiger partial charge on any atom is 0.404 e. The number of amides is 3. The van der Waals surface area contributed by atoms with Crippen LogP contribution in [0.15, 0.2) is 79.0 Å². The molecule has 0 spiro atoms. The minimum Gasteiger partial charge on any atom is -0.465 e. The summed E-state index contributed by atoms with van der Waals surface area (Å²) in [5.41, 5.74) is 5.27. The normalized spacial score (nSPS) is 12.4. The van der Waals surface area contributed by atoms with Crippen LogP contribution < -0.4 is 15.5 Å². The van der Waals surface area contributed by atoms with E-state index in [0.29, 0.717) is 43.7 Å². The van der Waals surface area contributed by atoms with Crippen molar-refractivity contribution in [2.24, 2.45) is 0 Å². The molecule has 1 aliphatic rings. The maximum absolute atomic E-state index is 13.5. The summed E-state index contributed by atoms with van der Waals surface area (Å²) in [6, 6.07) is 24.4. The van der Waals surface area contributed by atoms with E-state index >= 15 is 0 Å². The van der Waals surface area contributed by atoms with Crippen molar-refractivity contribution in [2.75, 3.05) is 23.3 Å². The second-order valence-corrected chi connectivity index (χ2v) is 9.38. The highest BCUT2D eigenvalue weighted by molar-refractivity contribution is 6.15. The average molecular weight is 535 g/mol. The topological polar surface area (TPSA) is 140 Å². The average Bonchev–Trinajstić information content (AvgIpc) is 3.40. The van der Waals surface area contributed by atoms with E-state index in [2.05, 4.69) is 15.7 Å². The number of rotatable bonds is 8. The number of nitriles is 1. The van der Waals surface area contributed by atoms with E-state index in [1.165, 1.54) is 6.20 Å². The molecule has 200 valence electrons. The van der Waals surface area contributed by atoms with Crippen LogP contribution in [-0.4, -0.2) is 45.9 Å². The molecule has 3 amide bonds. The van der Waals surface area contributed by atoms with Crippen LogP contribution in [0.2, 0.25) is 0 Å². The van der Waals surface area contributed by atoms with Gasteiger partial charge in [-0.1, -0.05) is 42.5 Å². The Kier molecular flexibility index (Phi) is 7.55. The lowest BCUT2D eigenvalue weighted by molar-refractivity contribution is 0.0946. The monoisotopic (exact) mass is 534 g/mol. The number of aromatic nitrogens is 2. The van der Waals surface area contributed by atoms with Crippen LogP contribution in [0.4, 0.5) is 16.2 Å². The first-order valence-corrected chi connectivity index (χ1v) is 12.7. The Bertz CT molecular complexity index is 1600. The SMILES string of the molecule is N#Cc1cccc(NC(=O)c2cnn3c2C(=O)N(c2ccc(Cc4ccc(CCNC(=O)O)cc4)cc2)CC3)c1. The number of nitrogens with zero attached hydrogens (tertiary/aromatic N) is 4. The maximum atomic E-state index is 13.5. The van der Waals surface area contributed by atoms with Crippen molar-refractivity contribution in [3.63, 3.8) is 0 Å². The molecule has 0 saturated heterocycles. The second-order valence-electron chi connectivity index (χ2n) is 9.38. The largest absolute Gasteiger partial charge is 0.465 e. The van der Waals surface area contributed by atoms with Crippen LogP contribution in [0.3, 0.4) is 0 Å². The third kappa shape index (κ3) is 5.84. The molecule has 10 nitrogen and oxygen atoms in total. The number of carbonyl (C=O) groups is 3. The van der Waals surface area contributed by atoms with Gasteiger partial charge in [0, 0.05) is 24.5 Å². The molecule has 3 N–H and O–H groups in total. The summed E-state index contributed by atoms with van der Waals surface area (Å²) >= 11 is 0. The summed E-state index contributed by atoms with van der Waals surface area (Å²) in [5.74, 6) is -0.772. The molecule has 3 aromatic carbocycles. The molecule has 2 heterocycles. The van der Waals surface area contributed by atoms with Crippen LogP contribution in [0.25, 0.3) is 0 Å². The molecule has 1 aliphatic heterocycles. The molecule has 40 heavy (non-hydrogen) atoms. The van der Waals surface area contributed by atoms with Crippen molar-refractivity contribution in [3.8, 4) is 6.07 Å². The van der Waals surface area contributed by atoms with Gasteiger partial charge in [-0.25, -0.2) is 4.79 Å². The van der Waals surface area contributed by atoms with Crippen molar-refractivity contribution in [1.29, 1.82) is 5.26 Å². The lowest BCUT2D eigenvalue weighted by Crippen LogP contribution is -2.41. The zero-order valence-corrected chi connectivity index (χ0v) is 21.5. The van der Waals surface area contributed by atoms with Gasteiger partial charge in [0.15, 0.2) is 0 Å². The van der Waals surface area contributed by atoms with Crippen molar-refractivity contribution in [1.82, 2.24) is 15.1 Å². The fourth-order valence-corrected chi connectivity index (χ4v) is 4.65. The standard InChI is InChI=1S/C30H26N6O4/c31-18-23-2-1-3-24(17-23)34-28(37)26-19-33-36-15-14-35(29(38)27(26)36)25-10-8-22(9-11-25)16-21-6-4-20(5-7-21)12-13-32-30(39)40/h1-11,17,19,32H,12-16H2,(H,34,37)(H,39,40). The molecule has 4 aromatic rings. The summed E-state index contributed by atoms with van der Waals surface area (Å²) in [5, 5.41) is 27.2. The highest BCUT2D eigenvalue weighted by Gasteiger charge is 2.32. The number of hydrogen-bond acceptors (Lipinski definition) is 5. The molecule has 5 rings (SSSR count). The zero-order valence-electron chi connectivity index (χ0n) is 21.5. The second kappa shape index (κ2) is 11.5. The van der Waals surface area contributed by atoms with Crippen LogP contribution in [0.1, 0.15) is 43.1 Å². The number of fused-ring (bicyclic) bond motifs is 1. The van der Waals surface area contributed by atoms with E-state index < -0.39 is 12.0 Å². The molecule has 10 heteroatoms. The summed E-state index contributed by atoms with van der Waals surface area (Å²) in [6.45, 7) is 1.25. The van der Waals surface area contributed by atoms with Gasteiger partial charge in [0.2, 0.25) is 0 Å². The van der Waals surface area contributed by atoms with E-state index in [1.54, 1.807) is 33.8 Å². The fraction of sp³-hybridized carbons (Fsp3) is 0.167. The Hall–Kier alpha value is -5.43. The number of carbonyl (C=O) groups excluding carboxylic acids is 2. The number of hydrogen-bond donors (Lipinski definition) is 3. The number of nitrogens with one attached hydrogen (secondary N) is 2. The van der Waals surface area contributed by atoms with E-state index in [4.69, 9.17) is 10.4 Å². The first kappa shape index (κ1) is 26.2. The van der Waals surface area contributed by atoms with Gasteiger partial charge in [0.1, 0.15) is 5.69 Å². The van der Waals surface area contributed by atoms with Crippen LogP contribution in [0.5, 0.6) is 0 Å². The number of benzene rings is 3. The molecule has 0 bridgehead atoms. The van der Waals surface area contributed by atoms with E-state index in [0.717, 1.165) is 22.4 Å². The van der Waals surface area contributed by atoms with Crippen LogP contribution in [0, 0.1) is 11.3 Å². The summed E-state index contributed by atoms with van der Waals surface area (Å²) in [7, 11) is 0. The highest BCUT2D eigenvalue weighted by Crippen LogP contribution is 2.25. The zero-order chi connectivity index (χ0) is 28.1. The van der Waals surface area contributed by atoms with Gasteiger partial charge in [-0.2, -0.15) is 10.4 Å². The lowest BCUT2D eigenvalue weighted by Gasteiger charge is -2.28. The molecular weight excluding hydrogens is 508 g/mol. The predicted molar refractivity (Wildman–Crippen MR) is 148 cm³/mol. The minimum absolute atomic E-state index is 0.177. The lowest BCUT2D eigenvalue weighted by atomic mass is 10.0. The van der Waals surface area contributed by atoms with Crippen molar-refractivity contribution in [2.45, 2.75) is 19.4 Å². The fourth-order valence-electron chi connectivity index (χ4n) is 4.65. The quantitative estimate of drug-likeness (QED) is 0.311. The molecule has 1 aromatic heterocycles. The van der Waals surface area contributed by atoms with Gasteiger partial charge >= 0.3 is 6.09 Å². The molecule has 0 fully saturated rings. The highest BCUT2D eigenvalue weighted by atomic mass is 16.4. The van der Waals surface area contributed by atoms with Gasteiger partial charge in [-0.15, -0.1) is 0 Å². The molecule has 0 atom stereocenters. The van der Waals surface area contributed by atoms with Crippen molar-refractivity contribution in [3.05, 3.63) is 113 Å². The van der Waals surface area contributed by atoms with Gasteiger partial charge in [0.25, 0.3) is 11.8 Å². The van der Waals surface area contributed by atoms with Crippen molar-refractivity contribution < 1.29 is 19.5 Å². The third-order valence-electron chi connectivity index (χ3n) is 6.69. The van der Waals surface area contributed by atoms with Gasteiger partial charge in [-0.3, -0.25) is 14.3 Å². The Morgan fingerprint density at radius 2 is 1.68 bits per heavy atom. The molecule has 0 saturated carbocycles. The molecule has 0 aliphatic carbocycles. The van der Waals surface area contributed by atoms with E-state index in [1.807, 2.05) is 54.6 Å². The summed E-state index contributed by atoms with van der Waals surface area (Å²) in [4.78, 5) is 38.7. The molecule has 0 radical (unpaired) electrons. The number of carboxylic acid groups (broad SMARTS) is 1. The van der Waals surface area contributed by atoms with Crippen molar-refractivity contribution >= 4 is 29.3 Å². The third-order valence-corrected chi connectivity index (χ3v) is 6.69. The number of anilines is 2. The Labute approximate surface area is 230 Å². The van der Waals surface area contributed by atoms with Crippen LogP contribution in [-0.2, 0) is 19.4 Å². The van der Waals surface area contributed by atoms with Gasteiger partial charge in [-0.05, 0) is 59.9 Å². The summed E-state index contributed by atoms with van der Waals surface area (Å²) in [6.07, 6.45) is 1.72. The van der Waals surface area contributed by atoms with Crippen LogP contribution >= 0.6 is 0 Å². The molecule has 0 unspecified atom stereocenters. The van der Waals surface area contributed by atoms with Gasteiger partial charge in [0.05, 0.1) is 29.9 Å². The Morgan fingerprint density at radius 1 is 0.975 bits per heavy atom. The smallest absolute Gasteiger partial charge is 0.404 e. The molecular formula is C30H26N6O4.